The van der Waals surface area contributed by atoms with Crippen LogP contribution in [0.2, 0.25) is 0 Å². The van der Waals surface area contributed by atoms with Gasteiger partial charge < -0.3 is 9.30 Å². The zero-order valence-electron chi connectivity index (χ0n) is 13.8. The Morgan fingerprint density at radius 3 is 2.84 bits per heavy atom. The quantitative estimate of drug-likeness (QED) is 0.685. The fraction of sp³-hybridized carbons (Fsp3) is 0.222. The molecule has 0 fully saturated rings. The third kappa shape index (κ3) is 3.66. The molecule has 0 aliphatic rings. The van der Waals surface area contributed by atoms with Gasteiger partial charge in [0.05, 0.1) is 15.5 Å². The Morgan fingerprint density at radius 2 is 2.12 bits per heavy atom. The average molecular weight is 406 g/mol. The van der Waals surface area contributed by atoms with Gasteiger partial charge in [-0.2, -0.15) is 0 Å². The monoisotopic (exact) mass is 405 g/mol. The summed E-state index contributed by atoms with van der Waals surface area (Å²) in [6.07, 6.45) is -0.771. The minimum Gasteiger partial charge on any atom is -0.480 e. The van der Waals surface area contributed by atoms with Crippen LogP contribution < -0.4 is 10.1 Å². The number of aromatic nitrogens is 2. The third-order valence-electron chi connectivity index (χ3n) is 3.77. The van der Waals surface area contributed by atoms with Crippen molar-refractivity contribution in [3.05, 3.63) is 52.8 Å². The number of carbonyl (C=O) groups excluding carboxylic acids is 1. The Bertz CT molecular complexity index is 926. The second kappa shape index (κ2) is 7.23. The summed E-state index contributed by atoms with van der Waals surface area (Å²) in [5.41, 5.74) is 1.77. The molecule has 0 saturated heterocycles. The van der Waals surface area contributed by atoms with Gasteiger partial charge in [-0.05, 0) is 60.1 Å². The van der Waals surface area contributed by atoms with Crippen LogP contribution in [0.25, 0.3) is 11.0 Å². The van der Waals surface area contributed by atoms with E-state index < -0.39 is 6.10 Å². The maximum Gasteiger partial charge on any atom is 0.267 e. The summed E-state index contributed by atoms with van der Waals surface area (Å²) in [5.74, 6) is 0.157. The number of aryl methyl sites for hydroxylation is 1. The highest BCUT2D eigenvalue weighted by Gasteiger charge is 2.19. The van der Waals surface area contributed by atoms with Crippen molar-refractivity contribution in [1.29, 1.82) is 0 Å². The van der Waals surface area contributed by atoms with Gasteiger partial charge in [0.25, 0.3) is 5.91 Å². The van der Waals surface area contributed by atoms with Gasteiger partial charge in [0.15, 0.2) is 6.10 Å². The minimum absolute atomic E-state index is 0.332. The molecule has 25 heavy (non-hydrogen) atoms. The first-order valence-corrected chi connectivity index (χ1v) is 8.66. The van der Waals surface area contributed by atoms with E-state index in [1.54, 1.807) is 6.92 Å². The number of hydrogen-bond acceptors (Lipinski definition) is 3. The van der Waals surface area contributed by atoms with E-state index in [0.717, 1.165) is 11.0 Å². The van der Waals surface area contributed by atoms with Crippen molar-refractivity contribution < 1.29 is 13.9 Å². The number of halogens is 2. The van der Waals surface area contributed by atoms with E-state index in [-0.39, 0.29) is 11.7 Å². The number of carbonyl (C=O) groups is 1. The first kappa shape index (κ1) is 17.4. The molecule has 1 atom stereocenters. The maximum absolute atomic E-state index is 13.1. The van der Waals surface area contributed by atoms with Gasteiger partial charge in [-0.15, -0.1) is 0 Å². The van der Waals surface area contributed by atoms with Crippen LogP contribution in [0.4, 0.5) is 10.3 Å². The van der Waals surface area contributed by atoms with Crippen LogP contribution in [-0.2, 0) is 11.3 Å². The molecule has 1 heterocycles. The molecule has 0 saturated carbocycles. The van der Waals surface area contributed by atoms with E-state index >= 15 is 0 Å². The molecule has 1 aromatic heterocycles. The number of hydrogen-bond donors (Lipinski definition) is 1. The highest BCUT2D eigenvalue weighted by molar-refractivity contribution is 9.10. The summed E-state index contributed by atoms with van der Waals surface area (Å²) in [6, 6.07) is 11.7. The van der Waals surface area contributed by atoms with Crippen molar-refractivity contribution >= 4 is 38.8 Å². The number of rotatable bonds is 5. The molecule has 1 unspecified atom stereocenters. The lowest BCUT2D eigenvalue weighted by molar-refractivity contribution is -0.122. The van der Waals surface area contributed by atoms with Crippen molar-refractivity contribution in [3.8, 4) is 5.75 Å². The van der Waals surface area contributed by atoms with Gasteiger partial charge in [0.2, 0.25) is 5.95 Å². The fourth-order valence-corrected chi connectivity index (χ4v) is 2.96. The number of benzene rings is 2. The molecule has 1 N–H and O–H groups in total. The first-order chi connectivity index (χ1) is 12.0. The van der Waals surface area contributed by atoms with Crippen molar-refractivity contribution in [2.75, 3.05) is 5.32 Å². The van der Waals surface area contributed by atoms with E-state index in [1.807, 2.05) is 35.8 Å². The van der Waals surface area contributed by atoms with Gasteiger partial charge >= 0.3 is 0 Å². The van der Waals surface area contributed by atoms with Crippen molar-refractivity contribution in [3.63, 3.8) is 0 Å². The predicted octanol–water partition coefficient (Wildman–Crippen LogP) is 4.36. The zero-order chi connectivity index (χ0) is 18.0. The van der Waals surface area contributed by atoms with E-state index in [0.29, 0.717) is 22.7 Å². The lowest BCUT2D eigenvalue weighted by Crippen LogP contribution is -2.31. The average Bonchev–Trinajstić information content (AvgIpc) is 2.94. The summed E-state index contributed by atoms with van der Waals surface area (Å²) in [7, 11) is 0. The Kier molecular flexibility index (Phi) is 5.03. The van der Waals surface area contributed by atoms with Gasteiger partial charge in [0, 0.05) is 6.54 Å². The number of imidazole rings is 1. The predicted molar refractivity (Wildman–Crippen MR) is 98.2 cm³/mol. The van der Waals surface area contributed by atoms with Crippen LogP contribution in [-0.4, -0.2) is 21.6 Å². The number of anilines is 1. The number of nitrogens with one attached hydrogen (secondary N) is 1. The SMILES string of the molecule is CCn1c(NC(=O)C(C)Oc2ccc(F)cc2Br)nc2ccccc21. The van der Waals surface area contributed by atoms with Crippen LogP contribution in [0, 0.1) is 5.82 Å². The van der Waals surface area contributed by atoms with Gasteiger partial charge in [-0.3, -0.25) is 10.1 Å². The first-order valence-electron chi connectivity index (χ1n) is 7.87. The van der Waals surface area contributed by atoms with Crippen LogP contribution in [0.3, 0.4) is 0 Å². The Morgan fingerprint density at radius 1 is 1.36 bits per heavy atom. The van der Waals surface area contributed by atoms with E-state index in [2.05, 4.69) is 26.2 Å². The lowest BCUT2D eigenvalue weighted by Gasteiger charge is -2.16. The van der Waals surface area contributed by atoms with Crippen LogP contribution in [0.1, 0.15) is 13.8 Å². The minimum atomic E-state index is -0.771. The number of amides is 1. The second-order valence-electron chi connectivity index (χ2n) is 5.49. The summed E-state index contributed by atoms with van der Waals surface area (Å²) in [6.45, 7) is 4.29. The molecule has 130 valence electrons. The third-order valence-corrected chi connectivity index (χ3v) is 4.39. The van der Waals surface area contributed by atoms with Crippen molar-refractivity contribution in [1.82, 2.24) is 9.55 Å². The Hall–Kier alpha value is -2.41. The molecule has 0 spiro atoms. The molecule has 0 aliphatic heterocycles. The smallest absolute Gasteiger partial charge is 0.267 e. The van der Waals surface area contributed by atoms with Crippen LogP contribution in [0.15, 0.2) is 46.9 Å². The number of ether oxygens (including phenoxy) is 1. The topological polar surface area (TPSA) is 56.2 Å². The highest BCUT2D eigenvalue weighted by Crippen LogP contribution is 2.27. The molecular formula is C18H17BrFN3O2. The number of para-hydroxylation sites is 2. The van der Waals surface area contributed by atoms with Gasteiger partial charge in [-0.25, -0.2) is 9.37 Å². The lowest BCUT2D eigenvalue weighted by atomic mass is 10.3. The summed E-state index contributed by atoms with van der Waals surface area (Å²) < 4.78 is 21.1. The summed E-state index contributed by atoms with van der Waals surface area (Å²) >= 11 is 3.22. The number of fused-ring (bicyclic) bond motifs is 1. The van der Waals surface area contributed by atoms with Crippen LogP contribution >= 0.6 is 15.9 Å². The molecule has 3 aromatic rings. The highest BCUT2D eigenvalue weighted by atomic mass is 79.9. The molecule has 2 aromatic carbocycles. The molecule has 1 amide bonds. The van der Waals surface area contributed by atoms with Gasteiger partial charge in [-0.1, -0.05) is 12.1 Å². The molecule has 3 rings (SSSR count). The molecule has 0 radical (unpaired) electrons. The van der Waals surface area contributed by atoms with E-state index in [4.69, 9.17) is 4.74 Å². The molecular weight excluding hydrogens is 389 g/mol. The number of nitrogens with zero attached hydrogens (tertiary/aromatic N) is 2. The summed E-state index contributed by atoms with van der Waals surface area (Å²) in [4.78, 5) is 16.9. The normalized spacial score (nSPS) is 12.2. The standard InChI is InChI=1S/C18H17BrFN3O2/c1-3-23-15-7-5-4-6-14(15)21-18(23)22-17(24)11(2)25-16-9-8-12(20)10-13(16)19/h4-11H,3H2,1-2H3,(H,21,22,24). The molecule has 5 nitrogen and oxygen atoms in total. The summed E-state index contributed by atoms with van der Waals surface area (Å²) in [5, 5.41) is 2.80. The fourth-order valence-electron chi connectivity index (χ4n) is 2.52. The van der Waals surface area contributed by atoms with E-state index in [9.17, 15) is 9.18 Å². The Balaban J connectivity index is 1.77. The second-order valence-corrected chi connectivity index (χ2v) is 6.35. The molecule has 0 aliphatic carbocycles. The zero-order valence-corrected chi connectivity index (χ0v) is 15.4. The maximum atomic E-state index is 13.1. The molecule has 7 heteroatoms. The van der Waals surface area contributed by atoms with E-state index in [1.165, 1.54) is 18.2 Å². The van der Waals surface area contributed by atoms with Crippen molar-refractivity contribution in [2.24, 2.45) is 0 Å². The largest absolute Gasteiger partial charge is 0.480 e. The van der Waals surface area contributed by atoms with Crippen molar-refractivity contribution in [2.45, 2.75) is 26.5 Å². The Labute approximate surface area is 152 Å². The van der Waals surface area contributed by atoms with Crippen LogP contribution in [0.5, 0.6) is 5.75 Å². The van der Waals surface area contributed by atoms with Gasteiger partial charge in [0.1, 0.15) is 11.6 Å². The molecule has 0 bridgehead atoms.